The zero-order valence-corrected chi connectivity index (χ0v) is 18.6. The van der Waals surface area contributed by atoms with Gasteiger partial charge in [0.05, 0.1) is 0 Å². The Bertz CT molecular complexity index is 782. The van der Waals surface area contributed by atoms with Crippen LogP contribution in [-0.4, -0.2) is 55.1 Å². The fourth-order valence-corrected chi connectivity index (χ4v) is 4.97. The molecule has 2 aliphatic rings. The Morgan fingerprint density at radius 3 is 2.35 bits per heavy atom. The fraction of sp³-hybridized carbons (Fsp3) is 0.538. The molecule has 0 atom stereocenters. The lowest BCUT2D eigenvalue weighted by Crippen LogP contribution is -2.41. The van der Waals surface area contributed by atoms with Crippen LogP contribution in [-0.2, 0) is 11.2 Å². The van der Waals surface area contributed by atoms with Crippen LogP contribution in [0, 0.1) is 11.8 Å². The van der Waals surface area contributed by atoms with Gasteiger partial charge in [0, 0.05) is 43.6 Å². The number of likely N-dealkylation sites (tertiary alicyclic amines) is 1. The van der Waals surface area contributed by atoms with Gasteiger partial charge in [0.25, 0.3) is 0 Å². The van der Waals surface area contributed by atoms with Crippen LogP contribution < -0.4 is 10.2 Å². The summed E-state index contributed by atoms with van der Waals surface area (Å²) >= 11 is 0. The summed E-state index contributed by atoms with van der Waals surface area (Å²) in [5.74, 6) is 1.22. The average Bonchev–Trinajstić information content (AvgIpc) is 2.84. The molecule has 5 nitrogen and oxygen atoms in total. The molecule has 2 aliphatic heterocycles. The molecule has 1 aromatic carbocycles. The second kappa shape index (κ2) is 11.3. The molecule has 0 spiro atoms. The van der Waals surface area contributed by atoms with Gasteiger partial charge in [0.15, 0.2) is 0 Å². The maximum absolute atomic E-state index is 12.6. The SMILES string of the molecule is O=C(NCCCN1CCC(Cc2ccccc2)CC1)C1CCN(c2ccncc2)CC1. The molecule has 0 aliphatic carbocycles. The second-order valence-electron chi connectivity index (χ2n) is 9.09. The number of carbonyl (C=O) groups is 1. The molecule has 2 saturated heterocycles. The Labute approximate surface area is 186 Å². The largest absolute Gasteiger partial charge is 0.371 e. The van der Waals surface area contributed by atoms with E-state index in [1.165, 1.54) is 43.6 Å². The summed E-state index contributed by atoms with van der Waals surface area (Å²) in [7, 11) is 0. The quantitative estimate of drug-likeness (QED) is 0.661. The highest BCUT2D eigenvalue weighted by Crippen LogP contribution is 2.23. The van der Waals surface area contributed by atoms with Gasteiger partial charge in [-0.05, 0) is 81.8 Å². The van der Waals surface area contributed by atoms with Gasteiger partial charge in [0.2, 0.25) is 5.91 Å². The smallest absolute Gasteiger partial charge is 0.223 e. The standard InChI is InChI=1S/C26H36N4O/c31-26(24-11-19-30(20-12-24)25-7-14-27-15-8-25)28-13-4-16-29-17-9-23(10-18-29)21-22-5-2-1-3-6-22/h1-3,5-8,14-15,23-24H,4,9-13,16-21H2,(H,28,31). The number of hydrogen-bond acceptors (Lipinski definition) is 4. The number of carbonyl (C=O) groups excluding carboxylic acids is 1. The van der Waals surface area contributed by atoms with E-state index in [1.807, 2.05) is 24.5 Å². The van der Waals surface area contributed by atoms with Crippen LogP contribution in [0.3, 0.4) is 0 Å². The lowest BCUT2D eigenvalue weighted by atomic mass is 9.90. The van der Waals surface area contributed by atoms with Gasteiger partial charge in [-0.15, -0.1) is 0 Å². The van der Waals surface area contributed by atoms with Crippen LogP contribution in [0.2, 0.25) is 0 Å². The molecule has 0 bridgehead atoms. The molecule has 1 amide bonds. The number of aromatic nitrogens is 1. The lowest BCUT2D eigenvalue weighted by Gasteiger charge is -2.33. The Balaban J connectivity index is 1.07. The molecule has 166 valence electrons. The molecular weight excluding hydrogens is 384 g/mol. The Morgan fingerprint density at radius 2 is 1.65 bits per heavy atom. The zero-order valence-electron chi connectivity index (χ0n) is 18.6. The minimum Gasteiger partial charge on any atom is -0.371 e. The minimum atomic E-state index is 0.159. The molecule has 1 N–H and O–H groups in total. The predicted molar refractivity (Wildman–Crippen MR) is 126 cm³/mol. The van der Waals surface area contributed by atoms with Gasteiger partial charge in [0.1, 0.15) is 0 Å². The van der Waals surface area contributed by atoms with E-state index >= 15 is 0 Å². The van der Waals surface area contributed by atoms with Crippen molar-refractivity contribution in [3.8, 4) is 0 Å². The maximum Gasteiger partial charge on any atom is 0.223 e. The van der Waals surface area contributed by atoms with E-state index in [9.17, 15) is 4.79 Å². The summed E-state index contributed by atoms with van der Waals surface area (Å²) in [6.45, 7) is 6.17. The summed E-state index contributed by atoms with van der Waals surface area (Å²) in [6, 6.07) is 15.0. The summed E-state index contributed by atoms with van der Waals surface area (Å²) in [6.07, 6.45) is 10.4. The Kier molecular flexibility index (Phi) is 7.94. The molecule has 3 heterocycles. The highest BCUT2D eigenvalue weighted by molar-refractivity contribution is 5.79. The van der Waals surface area contributed by atoms with E-state index in [4.69, 9.17) is 0 Å². The van der Waals surface area contributed by atoms with E-state index in [1.54, 1.807) is 0 Å². The van der Waals surface area contributed by atoms with Crippen LogP contribution in [0.25, 0.3) is 0 Å². The van der Waals surface area contributed by atoms with Gasteiger partial charge in [-0.1, -0.05) is 30.3 Å². The second-order valence-corrected chi connectivity index (χ2v) is 9.09. The summed E-state index contributed by atoms with van der Waals surface area (Å²) in [5, 5.41) is 3.19. The van der Waals surface area contributed by atoms with Crippen molar-refractivity contribution in [1.29, 1.82) is 0 Å². The number of nitrogens with one attached hydrogen (secondary N) is 1. The lowest BCUT2D eigenvalue weighted by molar-refractivity contribution is -0.125. The van der Waals surface area contributed by atoms with E-state index in [0.29, 0.717) is 0 Å². The van der Waals surface area contributed by atoms with Crippen LogP contribution in [0.15, 0.2) is 54.9 Å². The summed E-state index contributed by atoms with van der Waals surface area (Å²) in [5.41, 5.74) is 2.68. The number of amides is 1. The van der Waals surface area contributed by atoms with Crippen LogP contribution >= 0.6 is 0 Å². The first kappa shape index (κ1) is 21.8. The zero-order chi connectivity index (χ0) is 21.3. The Morgan fingerprint density at radius 1 is 0.935 bits per heavy atom. The van der Waals surface area contributed by atoms with Gasteiger partial charge in [-0.25, -0.2) is 0 Å². The molecule has 0 saturated carbocycles. The molecule has 4 rings (SSSR count). The van der Waals surface area contributed by atoms with Crippen molar-refractivity contribution in [2.75, 3.05) is 44.2 Å². The van der Waals surface area contributed by atoms with Crippen molar-refractivity contribution in [2.24, 2.45) is 11.8 Å². The Hall–Kier alpha value is -2.40. The first-order chi connectivity index (χ1) is 15.3. The highest BCUT2D eigenvalue weighted by Gasteiger charge is 2.25. The van der Waals surface area contributed by atoms with Crippen molar-refractivity contribution in [2.45, 2.75) is 38.5 Å². The number of rotatable bonds is 8. The number of benzene rings is 1. The molecular formula is C26H36N4O. The molecule has 2 fully saturated rings. The van der Waals surface area contributed by atoms with Crippen LogP contribution in [0.5, 0.6) is 0 Å². The third-order valence-corrected chi connectivity index (χ3v) is 6.92. The number of anilines is 1. The van der Waals surface area contributed by atoms with Crippen molar-refractivity contribution >= 4 is 11.6 Å². The predicted octanol–water partition coefficient (Wildman–Crippen LogP) is 3.76. The van der Waals surface area contributed by atoms with Crippen LogP contribution in [0.4, 0.5) is 5.69 Å². The van der Waals surface area contributed by atoms with Gasteiger partial charge >= 0.3 is 0 Å². The van der Waals surface area contributed by atoms with E-state index < -0.39 is 0 Å². The van der Waals surface area contributed by atoms with Crippen molar-refractivity contribution in [1.82, 2.24) is 15.2 Å². The van der Waals surface area contributed by atoms with Crippen LogP contribution in [0.1, 0.15) is 37.7 Å². The monoisotopic (exact) mass is 420 g/mol. The minimum absolute atomic E-state index is 0.159. The topological polar surface area (TPSA) is 48.5 Å². The van der Waals surface area contributed by atoms with Crippen molar-refractivity contribution in [3.05, 3.63) is 60.4 Å². The highest BCUT2D eigenvalue weighted by atomic mass is 16.1. The first-order valence-electron chi connectivity index (χ1n) is 12.0. The molecule has 5 heteroatoms. The number of pyridine rings is 1. The molecule has 31 heavy (non-hydrogen) atoms. The summed E-state index contributed by atoms with van der Waals surface area (Å²) in [4.78, 5) is 21.6. The molecule has 1 aromatic heterocycles. The van der Waals surface area contributed by atoms with Gasteiger partial charge in [-0.2, -0.15) is 0 Å². The summed E-state index contributed by atoms with van der Waals surface area (Å²) < 4.78 is 0. The van der Waals surface area contributed by atoms with Crippen molar-refractivity contribution < 1.29 is 4.79 Å². The normalized spacial score (nSPS) is 18.8. The first-order valence-corrected chi connectivity index (χ1v) is 12.0. The number of hydrogen-bond donors (Lipinski definition) is 1. The maximum atomic E-state index is 12.6. The average molecular weight is 421 g/mol. The third kappa shape index (κ3) is 6.54. The number of piperidine rings is 2. The van der Waals surface area contributed by atoms with Crippen molar-refractivity contribution in [3.63, 3.8) is 0 Å². The van der Waals surface area contributed by atoms with E-state index in [0.717, 1.165) is 51.4 Å². The van der Waals surface area contributed by atoms with Gasteiger partial charge < -0.3 is 15.1 Å². The molecule has 2 aromatic rings. The van der Waals surface area contributed by atoms with E-state index in [-0.39, 0.29) is 11.8 Å². The fourth-order valence-electron chi connectivity index (χ4n) is 4.97. The van der Waals surface area contributed by atoms with Gasteiger partial charge in [-0.3, -0.25) is 9.78 Å². The molecule has 0 radical (unpaired) electrons. The third-order valence-electron chi connectivity index (χ3n) is 6.92. The number of nitrogens with zero attached hydrogens (tertiary/aromatic N) is 3. The van der Waals surface area contributed by atoms with E-state index in [2.05, 4.69) is 50.4 Å². The molecule has 0 unspecified atom stereocenters.